The van der Waals surface area contributed by atoms with E-state index in [2.05, 4.69) is 36.5 Å². The Kier molecular flexibility index (Phi) is 7.54. The van der Waals surface area contributed by atoms with Gasteiger partial charge in [0.05, 0.1) is 0 Å². The summed E-state index contributed by atoms with van der Waals surface area (Å²) in [4.78, 5) is 27.1. The normalized spacial score (nSPS) is 15.3. The largest absolute Gasteiger partial charge is 0.353 e. The second-order valence-corrected chi connectivity index (χ2v) is 8.29. The highest BCUT2D eigenvalue weighted by atomic mass is 32.2. The highest BCUT2D eigenvalue weighted by Gasteiger charge is 2.32. The van der Waals surface area contributed by atoms with Crippen LogP contribution in [0, 0.1) is 6.92 Å². The first-order chi connectivity index (χ1) is 13.6. The number of likely N-dealkylation sites (tertiary alicyclic amines) is 1. The summed E-state index contributed by atoms with van der Waals surface area (Å²) in [6.45, 7) is 3.33. The molecule has 1 aliphatic rings. The average molecular weight is 397 g/mol. The molecule has 148 valence electrons. The summed E-state index contributed by atoms with van der Waals surface area (Å²) >= 11 is 1.80. The monoisotopic (exact) mass is 396 g/mol. The average Bonchev–Trinajstić information content (AvgIpc) is 2.71. The van der Waals surface area contributed by atoms with Crippen LogP contribution in [0.1, 0.15) is 42.0 Å². The highest BCUT2D eigenvalue weighted by Crippen LogP contribution is 2.25. The minimum absolute atomic E-state index is 0.0731. The van der Waals surface area contributed by atoms with Gasteiger partial charge in [0.15, 0.2) is 0 Å². The van der Waals surface area contributed by atoms with Crippen molar-refractivity contribution in [3.8, 4) is 0 Å². The summed E-state index contributed by atoms with van der Waals surface area (Å²) in [5.41, 5.74) is 3.44. The Bertz CT molecular complexity index is 777. The van der Waals surface area contributed by atoms with Gasteiger partial charge in [0.25, 0.3) is 0 Å². The summed E-state index contributed by atoms with van der Waals surface area (Å²) in [7, 11) is 0. The maximum Gasteiger partial charge on any atom is 0.247 e. The lowest BCUT2D eigenvalue weighted by Crippen LogP contribution is -2.46. The molecule has 1 N–H and O–H groups in total. The Hall–Kier alpha value is -2.27. The molecule has 1 atom stereocenters. The third-order valence-electron chi connectivity index (χ3n) is 4.97. The number of thioether (sulfide) groups is 1. The lowest BCUT2D eigenvalue weighted by molar-refractivity contribution is -0.142. The van der Waals surface area contributed by atoms with Crippen LogP contribution in [0.15, 0.2) is 54.6 Å². The Balaban J connectivity index is 1.54. The topological polar surface area (TPSA) is 49.4 Å². The van der Waals surface area contributed by atoms with Crippen LogP contribution in [0.3, 0.4) is 0 Å². The maximum absolute atomic E-state index is 12.9. The number of carbonyl (C=O) groups excluding carboxylic acids is 2. The van der Waals surface area contributed by atoms with Crippen LogP contribution >= 0.6 is 11.8 Å². The predicted molar refractivity (Wildman–Crippen MR) is 115 cm³/mol. The third kappa shape index (κ3) is 5.61. The zero-order valence-electron chi connectivity index (χ0n) is 16.4. The van der Waals surface area contributed by atoms with Gasteiger partial charge >= 0.3 is 0 Å². The fraction of sp³-hybridized carbons (Fsp3) is 0.391. The second-order valence-electron chi connectivity index (χ2n) is 7.19. The quantitative estimate of drug-likeness (QED) is 0.684. The first kappa shape index (κ1) is 20.5. The molecule has 28 heavy (non-hydrogen) atoms. The van der Waals surface area contributed by atoms with E-state index in [1.54, 1.807) is 16.7 Å². The van der Waals surface area contributed by atoms with E-state index in [-0.39, 0.29) is 11.8 Å². The second kappa shape index (κ2) is 10.3. The molecule has 0 spiro atoms. The van der Waals surface area contributed by atoms with Gasteiger partial charge in [0.1, 0.15) is 6.04 Å². The van der Waals surface area contributed by atoms with Gasteiger partial charge in [-0.15, -0.1) is 0 Å². The molecular formula is C23H28N2O2S. The Morgan fingerprint density at radius 2 is 1.86 bits per heavy atom. The number of amides is 2. The number of hydrogen-bond acceptors (Lipinski definition) is 3. The fourth-order valence-corrected chi connectivity index (χ4v) is 4.24. The molecule has 1 fully saturated rings. The predicted octanol–water partition coefficient (Wildman–Crippen LogP) is 4.10. The molecule has 5 heteroatoms. The van der Waals surface area contributed by atoms with Crippen molar-refractivity contribution in [2.45, 2.75) is 38.0 Å². The highest BCUT2D eigenvalue weighted by molar-refractivity contribution is 7.98. The van der Waals surface area contributed by atoms with Gasteiger partial charge in [-0.3, -0.25) is 9.59 Å². The molecule has 2 aromatic rings. The van der Waals surface area contributed by atoms with Crippen molar-refractivity contribution in [1.82, 2.24) is 10.2 Å². The van der Waals surface area contributed by atoms with Gasteiger partial charge in [-0.05, 0) is 30.9 Å². The molecule has 0 aliphatic carbocycles. The fourth-order valence-electron chi connectivity index (χ4n) is 3.43. The SMILES string of the molecule is Cc1ccc(CSCCNC(=O)C(c2ccccc2)N2CCCCC2=O)cc1. The molecular weight excluding hydrogens is 368 g/mol. The van der Waals surface area contributed by atoms with E-state index in [4.69, 9.17) is 0 Å². The van der Waals surface area contributed by atoms with Crippen molar-refractivity contribution < 1.29 is 9.59 Å². The van der Waals surface area contributed by atoms with Crippen LogP contribution in [0.4, 0.5) is 0 Å². The van der Waals surface area contributed by atoms with E-state index in [9.17, 15) is 9.59 Å². The maximum atomic E-state index is 12.9. The first-order valence-electron chi connectivity index (χ1n) is 9.90. The van der Waals surface area contributed by atoms with E-state index in [0.717, 1.165) is 29.9 Å². The number of aryl methyl sites for hydroxylation is 1. The molecule has 2 aromatic carbocycles. The molecule has 1 unspecified atom stereocenters. The van der Waals surface area contributed by atoms with Crippen molar-refractivity contribution in [3.05, 3.63) is 71.3 Å². The summed E-state index contributed by atoms with van der Waals surface area (Å²) in [6, 6.07) is 17.6. The number of nitrogens with zero attached hydrogens (tertiary/aromatic N) is 1. The van der Waals surface area contributed by atoms with Crippen molar-refractivity contribution in [2.24, 2.45) is 0 Å². The smallest absolute Gasteiger partial charge is 0.247 e. The van der Waals surface area contributed by atoms with Gasteiger partial charge in [-0.25, -0.2) is 0 Å². The van der Waals surface area contributed by atoms with Crippen LogP contribution in [0.5, 0.6) is 0 Å². The van der Waals surface area contributed by atoms with Crippen LogP contribution in [0.2, 0.25) is 0 Å². The molecule has 1 saturated heterocycles. The van der Waals surface area contributed by atoms with E-state index in [1.165, 1.54) is 11.1 Å². The van der Waals surface area contributed by atoms with Crippen molar-refractivity contribution >= 4 is 23.6 Å². The van der Waals surface area contributed by atoms with E-state index in [0.29, 0.717) is 19.5 Å². The van der Waals surface area contributed by atoms with Gasteiger partial charge in [-0.2, -0.15) is 11.8 Å². The number of benzene rings is 2. The molecule has 0 radical (unpaired) electrons. The lowest BCUT2D eigenvalue weighted by atomic mass is 10.0. The van der Waals surface area contributed by atoms with Crippen molar-refractivity contribution in [2.75, 3.05) is 18.8 Å². The van der Waals surface area contributed by atoms with Gasteiger partial charge < -0.3 is 10.2 Å². The number of rotatable bonds is 8. The molecule has 1 heterocycles. The number of piperidine rings is 1. The summed E-state index contributed by atoms with van der Waals surface area (Å²) in [5, 5.41) is 3.04. The van der Waals surface area contributed by atoms with Crippen molar-refractivity contribution in [1.29, 1.82) is 0 Å². The first-order valence-corrected chi connectivity index (χ1v) is 11.1. The van der Waals surface area contributed by atoms with Crippen LogP contribution in [-0.4, -0.2) is 35.6 Å². The van der Waals surface area contributed by atoms with Crippen LogP contribution < -0.4 is 5.32 Å². The van der Waals surface area contributed by atoms with Gasteiger partial charge in [0.2, 0.25) is 11.8 Å². The number of hydrogen-bond donors (Lipinski definition) is 1. The molecule has 1 aliphatic heterocycles. The number of carbonyl (C=O) groups is 2. The molecule has 2 amide bonds. The standard InChI is InChI=1S/C23H28N2O2S/c1-18-10-12-19(13-11-18)17-28-16-14-24-23(27)22(20-7-3-2-4-8-20)25-15-6-5-9-21(25)26/h2-4,7-8,10-13,22H,5-6,9,14-17H2,1H3,(H,24,27). The van der Waals surface area contributed by atoms with Crippen LogP contribution in [-0.2, 0) is 15.3 Å². The van der Waals surface area contributed by atoms with Crippen molar-refractivity contribution in [3.63, 3.8) is 0 Å². The van der Waals surface area contributed by atoms with E-state index >= 15 is 0 Å². The Morgan fingerprint density at radius 3 is 2.57 bits per heavy atom. The zero-order valence-corrected chi connectivity index (χ0v) is 17.2. The van der Waals surface area contributed by atoms with Gasteiger partial charge in [-0.1, -0.05) is 60.2 Å². The number of nitrogens with one attached hydrogen (secondary N) is 1. The van der Waals surface area contributed by atoms with Gasteiger partial charge in [0, 0.05) is 31.0 Å². The Labute approximate surface area is 171 Å². The van der Waals surface area contributed by atoms with Crippen LogP contribution in [0.25, 0.3) is 0 Å². The molecule has 0 aromatic heterocycles. The van der Waals surface area contributed by atoms with E-state index in [1.807, 2.05) is 30.3 Å². The molecule has 3 rings (SSSR count). The third-order valence-corrected chi connectivity index (χ3v) is 6.00. The summed E-state index contributed by atoms with van der Waals surface area (Å²) in [6.07, 6.45) is 2.39. The molecule has 0 bridgehead atoms. The summed E-state index contributed by atoms with van der Waals surface area (Å²) in [5.74, 6) is 1.76. The zero-order chi connectivity index (χ0) is 19.8. The minimum Gasteiger partial charge on any atom is -0.353 e. The molecule has 0 saturated carbocycles. The Morgan fingerprint density at radius 1 is 1.11 bits per heavy atom. The minimum atomic E-state index is -0.531. The summed E-state index contributed by atoms with van der Waals surface area (Å²) < 4.78 is 0. The van der Waals surface area contributed by atoms with E-state index < -0.39 is 6.04 Å². The molecule has 4 nitrogen and oxygen atoms in total. The lowest BCUT2D eigenvalue weighted by Gasteiger charge is -2.34.